The highest BCUT2D eigenvalue weighted by Crippen LogP contribution is 2.03. The number of rotatable bonds is 10. The highest BCUT2D eigenvalue weighted by molar-refractivity contribution is 4.86. The molecular weight excluding hydrogens is 214 g/mol. The van der Waals surface area contributed by atoms with Crippen molar-refractivity contribution in [1.29, 1.82) is 0 Å². The third-order valence-electron chi connectivity index (χ3n) is 2.26. The van der Waals surface area contributed by atoms with Crippen molar-refractivity contribution < 1.29 is 24.8 Å². The lowest BCUT2D eigenvalue weighted by Gasteiger charge is -2.30. The Morgan fingerprint density at radius 1 is 1.00 bits per heavy atom. The van der Waals surface area contributed by atoms with Crippen molar-refractivity contribution in [1.82, 2.24) is 5.32 Å². The zero-order valence-electron chi connectivity index (χ0n) is 9.98. The third-order valence-corrected chi connectivity index (χ3v) is 2.26. The Bertz CT molecular complexity index is 149. The Hall–Kier alpha value is -0.240. The largest absolute Gasteiger partial charge is 0.394 e. The minimum Gasteiger partial charge on any atom is -0.394 e. The Morgan fingerprint density at radius 2 is 1.44 bits per heavy atom. The number of hydrogen-bond acceptors (Lipinski definition) is 6. The SMILES string of the molecule is CCOC(CNC(CO)(CO)CO)OCC. The molecule has 6 nitrogen and oxygen atoms in total. The summed E-state index contributed by atoms with van der Waals surface area (Å²) in [7, 11) is 0. The zero-order chi connectivity index (χ0) is 12.4. The van der Waals surface area contributed by atoms with Gasteiger partial charge in [-0.1, -0.05) is 0 Å². The molecule has 4 N–H and O–H groups in total. The first kappa shape index (κ1) is 15.8. The monoisotopic (exact) mass is 237 g/mol. The van der Waals surface area contributed by atoms with Gasteiger partial charge in [-0.2, -0.15) is 0 Å². The van der Waals surface area contributed by atoms with Gasteiger partial charge in [0.05, 0.1) is 25.4 Å². The molecule has 0 unspecified atom stereocenters. The molecular formula is C10H23NO5. The van der Waals surface area contributed by atoms with Crippen LogP contribution in [0.2, 0.25) is 0 Å². The van der Waals surface area contributed by atoms with Crippen molar-refractivity contribution in [2.45, 2.75) is 25.7 Å². The maximum absolute atomic E-state index is 9.09. The molecule has 6 heteroatoms. The molecule has 0 rings (SSSR count). The Labute approximate surface area is 96.2 Å². The Balaban J connectivity index is 4.13. The smallest absolute Gasteiger partial charge is 0.169 e. The third kappa shape index (κ3) is 5.20. The molecule has 0 spiro atoms. The number of hydrogen-bond donors (Lipinski definition) is 4. The molecule has 0 aromatic carbocycles. The van der Waals surface area contributed by atoms with Gasteiger partial charge in [0.25, 0.3) is 0 Å². The van der Waals surface area contributed by atoms with E-state index >= 15 is 0 Å². The normalized spacial score (nSPS) is 12.4. The Kier molecular flexibility index (Phi) is 8.73. The van der Waals surface area contributed by atoms with Gasteiger partial charge < -0.3 is 30.1 Å². The van der Waals surface area contributed by atoms with Crippen LogP contribution in [0.15, 0.2) is 0 Å². The Morgan fingerprint density at radius 3 is 1.75 bits per heavy atom. The zero-order valence-corrected chi connectivity index (χ0v) is 9.98. The molecule has 0 aliphatic carbocycles. The van der Waals surface area contributed by atoms with E-state index in [4.69, 9.17) is 24.8 Å². The summed E-state index contributed by atoms with van der Waals surface area (Å²) in [4.78, 5) is 0. The molecule has 0 saturated carbocycles. The van der Waals surface area contributed by atoms with Crippen LogP contribution in [0.3, 0.4) is 0 Å². The first-order valence-corrected chi connectivity index (χ1v) is 5.48. The predicted molar refractivity (Wildman–Crippen MR) is 59.0 cm³/mol. The number of nitrogens with one attached hydrogen (secondary N) is 1. The highest BCUT2D eigenvalue weighted by atomic mass is 16.7. The van der Waals surface area contributed by atoms with Gasteiger partial charge in [0.2, 0.25) is 0 Å². The molecule has 0 aliphatic rings. The fourth-order valence-electron chi connectivity index (χ4n) is 1.16. The maximum atomic E-state index is 9.09. The van der Waals surface area contributed by atoms with E-state index in [1.165, 1.54) is 0 Å². The predicted octanol–water partition coefficient (Wildman–Crippen LogP) is -1.31. The van der Waals surface area contributed by atoms with E-state index in [9.17, 15) is 0 Å². The fourth-order valence-corrected chi connectivity index (χ4v) is 1.16. The lowest BCUT2D eigenvalue weighted by Crippen LogP contribution is -2.57. The summed E-state index contributed by atoms with van der Waals surface area (Å²) in [5.74, 6) is 0. The molecule has 0 atom stereocenters. The van der Waals surface area contributed by atoms with E-state index in [0.717, 1.165) is 0 Å². The second kappa shape index (κ2) is 8.86. The molecule has 0 amide bonds. The summed E-state index contributed by atoms with van der Waals surface area (Å²) in [6, 6.07) is 0. The average molecular weight is 237 g/mol. The van der Waals surface area contributed by atoms with E-state index in [1.54, 1.807) is 0 Å². The van der Waals surface area contributed by atoms with Gasteiger partial charge in [-0.3, -0.25) is 0 Å². The van der Waals surface area contributed by atoms with Gasteiger partial charge in [-0.05, 0) is 13.8 Å². The quantitative estimate of drug-likeness (QED) is 0.353. The second-order valence-electron chi connectivity index (χ2n) is 3.48. The van der Waals surface area contributed by atoms with Gasteiger partial charge in [0.1, 0.15) is 0 Å². The van der Waals surface area contributed by atoms with Crippen LogP contribution in [-0.2, 0) is 9.47 Å². The van der Waals surface area contributed by atoms with Gasteiger partial charge in [-0.15, -0.1) is 0 Å². The molecule has 0 aromatic rings. The molecule has 0 fully saturated rings. The summed E-state index contributed by atoms with van der Waals surface area (Å²) in [6.45, 7) is 3.95. The van der Waals surface area contributed by atoms with Gasteiger partial charge in [0.15, 0.2) is 6.29 Å². The van der Waals surface area contributed by atoms with Crippen LogP contribution in [0.25, 0.3) is 0 Å². The highest BCUT2D eigenvalue weighted by Gasteiger charge is 2.28. The molecule has 98 valence electrons. The average Bonchev–Trinajstić information content (AvgIpc) is 2.32. The summed E-state index contributed by atoms with van der Waals surface area (Å²) in [6.07, 6.45) is -0.445. The van der Waals surface area contributed by atoms with Crippen LogP contribution >= 0.6 is 0 Å². The summed E-state index contributed by atoms with van der Waals surface area (Å²) in [5, 5.41) is 30.1. The van der Waals surface area contributed by atoms with Crippen LogP contribution < -0.4 is 5.32 Å². The van der Waals surface area contributed by atoms with E-state index in [1.807, 2.05) is 13.8 Å². The lowest BCUT2D eigenvalue weighted by atomic mass is 10.0. The van der Waals surface area contributed by atoms with E-state index in [0.29, 0.717) is 19.8 Å². The molecule has 0 bridgehead atoms. The van der Waals surface area contributed by atoms with E-state index in [2.05, 4.69) is 5.32 Å². The van der Waals surface area contributed by atoms with E-state index in [-0.39, 0.29) is 19.8 Å². The molecule has 0 saturated heterocycles. The van der Waals surface area contributed by atoms with Crippen molar-refractivity contribution in [2.24, 2.45) is 0 Å². The standard InChI is InChI=1S/C10H23NO5/c1-3-15-9(16-4-2)5-11-10(6-12,7-13)8-14/h9,11-14H,3-8H2,1-2H3. The van der Waals surface area contributed by atoms with Crippen molar-refractivity contribution >= 4 is 0 Å². The number of aliphatic hydroxyl groups is 3. The van der Waals surface area contributed by atoms with Crippen molar-refractivity contribution in [3.63, 3.8) is 0 Å². The lowest BCUT2D eigenvalue weighted by molar-refractivity contribution is -0.138. The molecule has 0 heterocycles. The summed E-state index contributed by atoms with van der Waals surface area (Å²) >= 11 is 0. The minimum absolute atomic E-state index is 0.295. The van der Waals surface area contributed by atoms with E-state index < -0.39 is 11.8 Å². The number of aliphatic hydroxyl groups excluding tert-OH is 3. The molecule has 16 heavy (non-hydrogen) atoms. The topological polar surface area (TPSA) is 91.2 Å². The van der Waals surface area contributed by atoms with Gasteiger partial charge in [-0.25, -0.2) is 0 Å². The van der Waals surface area contributed by atoms with Crippen LogP contribution in [0, 0.1) is 0 Å². The van der Waals surface area contributed by atoms with Crippen LogP contribution in [0.1, 0.15) is 13.8 Å². The van der Waals surface area contributed by atoms with Crippen molar-refractivity contribution in [2.75, 3.05) is 39.6 Å². The maximum Gasteiger partial charge on any atom is 0.169 e. The van der Waals surface area contributed by atoms with Crippen molar-refractivity contribution in [3.05, 3.63) is 0 Å². The molecule has 0 aromatic heterocycles. The van der Waals surface area contributed by atoms with Crippen LogP contribution in [0.4, 0.5) is 0 Å². The first-order chi connectivity index (χ1) is 7.67. The summed E-state index contributed by atoms with van der Waals surface area (Å²) < 4.78 is 10.6. The second-order valence-corrected chi connectivity index (χ2v) is 3.48. The summed E-state index contributed by atoms with van der Waals surface area (Å²) in [5.41, 5.74) is -1.09. The fraction of sp³-hybridized carbons (Fsp3) is 1.00. The number of ether oxygens (including phenoxy) is 2. The van der Waals surface area contributed by atoms with Gasteiger partial charge in [0, 0.05) is 19.8 Å². The van der Waals surface area contributed by atoms with Crippen molar-refractivity contribution in [3.8, 4) is 0 Å². The molecule has 0 aliphatic heterocycles. The van der Waals surface area contributed by atoms with Crippen LogP contribution in [-0.4, -0.2) is 66.7 Å². The first-order valence-electron chi connectivity index (χ1n) is 5.48. The minimum atomic E-state index is -1.09. The van der Waals surface area contributed by atoms with Crippen LogP contribution in [0.5, 0.6) is 0 Å². The van der Waals surface area contributed by atoms with Gasteiger partial charge >= 0.3 is 0 Å². The molecule has 0 radical (unpaired) electrons.